The highest BCUT2D eigenvalue weighted by Crippen LogP contribution is 2.24. The Morgan fingerprint density at radius 1 is 1.16 bits per heavy atom. The van der Waals surface area contributed by atoms with Crippen molar-refractivity contribution in [2.75, 3.05) is 11.9 Å². The molecule has 0 fully saturated rings. The van der Waals surface area contributed by atoms with Gasteiger partial charge in [0.05, 0.1) is 6.42 Å². The predicted molar refractivity (Wildman–Crippen MR) is 96.5 cm³/mol. The molecule has 1 aliphatic heterocycles. The van der Waals surface area contributed by atoms with Crippen molar-refractivity contribution in [2.45, 2.75) is 51.4 Å². The van der Waals surface area contributed by atoms with E-state index in [0.717, 1.165) is 30.5 Å². The molecule has 1 aromatic carbocycles. The Kier molecular flexibility index (Phi) is 5.64. The standard InChI is InChI=1S/C20H24N2O3/c23-18(15-6-7-17-16(12-15)13-20(25)22-17)8-9-19(24)21-11-10-14-4-2-1-3-5-14/h4,6-7,12H,1-3,5,8-11,13H2,(H,21,24)(H,22,25). The molecule has 2 amide bonds. The number of hydrogen-bond donors (Lipinski definition) is 2. The van der Waals surface area contributed by atoms with Gasteiger partial charge in [0.2, 0.25) is 11.8 Å². The second-order valence-corrected chi connectivity index (χ2v) is 6.73. The van der Waals surface area contributed by atoms with Gasteiger partial charge < -0.3 is 10.6 Å². The average molecular weight is 340 g/mol. The van der Waals surface area contributed by atoms with Gasteiger partial charge in [0.25, 0.3) is 0 Å². The fraction of sp³-hybridized carbons (Fsp3) is 0.450. The molecule has 5 heteroatoms. The van der Waals surface area contributed by atoms with Crippen LogP contribution in [0.5, 0.6) is 0 Å². The lowest BCUT2D eigenvalue weighted by molar-refractivity contribution is -0.121. The van der Waals surface area contributed by atoms with Crippen LogP contribution in [0.2, 0.25) is 0 Å². The zero-order valence-corrected chi connectivity index (χ0v) is 14.4. The van der Waals surface area contributed by atoms with Crippen LogP contribution in [0.1, 0.15) is 60.9 Å². The van der Waals surface area contributed by atoms with Crippen molar-refractivity contribution in [3.8, 4) is 0 Å². The van der Waals surface area contributed by atoms with Gasteiger partial charge in [0, 0.05) is 30.6 Å². The Bertz CT molecular complexity index is 722. The highest BCUT2D eigenvalue weighted by atomic mass is 16.2. The summed E-state index contributed by atoms with van der Waals surface area (Å²) in [7, 11) is 0. The number of Topliss-reactive ketones (excluding diaryl/α,β-unsaturated/α-hetero) is 1. The molecule has 2 N–H and O–H groups in total. The highest BCUT2D eigenvalue weighted by Gasteiger charge is 2.19. The minimum absolute atomic E-state index is 0.0490. The minimum Gasteiger partial charge on any atom is -0.356 e. The first-order valence-corrected chi connectivity index (χ1v) is 9.02. The molecular weight excluding hydrogens is 316 g/mol. The van der Waals surface area contributed by atoms with E-state index in [1.54, 1.807) is 18.2 Å². The van der Waals surface area contributed by atoms with Crippen LogP contribution in [0.15, 0.2) is 29.8 Å². The number of fused-ring (bicyclic) bond motifs is 1. The Labute approximate surface area is 147 Å². The van der Waals surface area contributed by atoms with E-state index in [1.807, 2.05) is 0 Å². The molecule has 3 rings (SSSR count). The van der Waals surface area contributed by atoms with E-state index >= 15 is 0 Å². The number of amides is 2. The zero-order chi connectivity index (χ0) is 17.6. The van der Waals surface area contributed by atoms with Crippen LogP contribution in [0.4, 0.5) is 5.69 Å². The molecule has 25 heavy (non-hydrogen) atoms. The molecule has 1 aromatic rings. The Morgan fingerprint density at radius 3 is 2.84 bits per heavy atom. The van der Waals surface area contributed by atoms with Crippen LogP contribution in [-0.2, 0) is 16.0 Å². The fourth-order valence-electron chi connectivity index (χ4n) is 3.36. The summed E-state index contributed by atoms with van der Waals surface area (Å²) in [6, 6.07) is 5.22. The molecule has 0 bridgehead atoms. The number of benzene rings is 1. The van der Waals surface area contributed by atoms with Crippen molar-refractivity contribution >= 4 is 23.3 Å². The number of carbonyl (C=O) groups is 3. The average Bonchev–Trinajstić information content (AvgIpc) is 2.99. The van der Waals surface area contributed by atoms with E-state index in [9.17, 15) is 14.4 Å². The monoisotopic (exact) mass is 340 g/mol. The zero-order valence-electron chi connectivity index (χ0n) is 14.4. The predicted octanol–water partition coefficient (Wildman–Crippen LogP) is 3.15. The lowest BCUT2D eigenvalue weighted by Crippen LogP contribution is -2.25. The van der Waals surface area contributed by atoms with Crippen molar-refractivity contribution in [3.05, 3.63) is 41.0 Å². The van der Waals surface area contributed by atoms with E-state index in [4.69, 9.17) is 0 Å². The number of allylic oxidation sites excluding steroid dienone is 1. The molecule has 0 saturated carbocycles. The lowest BCUT2D eigenvalue weighted by atomic mass is 9.97. The third-order valence-corrected chi connectivity index (χ3v) is 4.78. The molecule has 132 valence electrons. The molecule has 1 heterocycles. The second kappa shape index (κ2) is 8.10. The van der Waals surface area contributed by atoms with Gasteiger partial charge >= 0.3 is 0 Å². The van der Waals surface area contributed by atoms with Crippen molar-refractivity contribution in [3.63, 3.8) is 0 Å². The van der Waals surface area contributed by atoms with Crippen LogP contribution in [0.25, 0.3) is 0 Å². The molecule has 5 nitrogen and oxygen atoms in total. The summed E-state index contributed by atoms with van der Waals surface area (Å²) in [4.78, 5) is 35.5. The van der Waals surface area contributed by atoms with Crippen molar-refractivity contribution in [1.82, 2.24) is 5.32 Å². The minimum atomic E-state index is -0.0808. The summed E-state index contributed by atoms with van der Waals surface area (Å²) < 4.78 is 0. The molecule has 2 aliphatic rings. The lowest BCUT2D eigenvalue weighted by Gasteiger charge is -2.12. The van der Waals surface area contributed by atoms with Crippen LogP contribution in [0, 0.1) is 0 Å². The molecule has 0 spiro atoms. The number of nitrogens with one attached hydrogen (secondary N) is 2. The quantitative estimate of drug-likeness (QED) is 0.591. The maximum atomic E-state index is 12.3. The Balaban J connectivity index is 1.41. The van der Waals surface area contributed by atoms with Crippen molar-refractivity contribution in [1.29, 1.82) is 0 Å². The van der Waals surface area contributed by atoms with Gasteiger partial charge in [-0.15, -0.1) is 0 Å². The van der Waals surface area contributed by atoms with Gasteiger partial charge in [-0.05, 0) is 55.9 Å². The second-order valence-electron chi connectivity index (χ2n) is 6.73. The van der Waals surface area contributed by atoms with E-state index in [2.05, 4.69) is 16.7 Å². The first-order chi connectivity index (χ1) is 12.1. The SMILES string of the molecule is O=C(CCC(=O)c1ccc2c(c1)CC(=O)N2)NCCC1=CCCCC1. The maximum Gasteiger partial charge on any atom is 0.228 e. The van der Waals surface area contributed by atoms with E-state index < -0.39 is 0 Å². The number of anilines is 1. The first kappa shape index (κ1) is 17.4. The number of carbonyl (C=O) groups excluding carboxylic acids is 3. The van der Waals surface area contributed by atoms with E-state index in [0.29, 0.717) is 18.5 Å². The van der Waals surface area contributed by atoms with Gasteiger partial charge in [-0.1, -0.05) is 11.6 Å². The largest absolute Gasteiger partial charge is 0.356 e. The highest BCUT2D eigenvalue weighted by molar-refractivity contribution is 6.02. The number of rotatable bonds is 7. The third-order valence-electron chi connectivity index (χ3n) is 4.78. The third kappa shape index (κ3) is 4.78. The molecule has 0 atom stereocenters. The van der Waals surface area contributed by atoms with Crippen molar-refractivity contribution < 1.29 is 14.4 Å². The van der Waals surface area contributed by atoms with Crippen LogP contribution >= 0.6 is 0 Å². The van der Waals surface area contributed by atoms with Crippen molar-refractivity contribution in [2.24, 2.45) is 0 Å². The molecule has 1 aliphatic carbocycles. The van der Waals surface area contributed by atoms with Gasteiger partial charge in [-0.3, -0.25) is 14.4 Å². The van der Waals surface area contributed by atoms with Crippen LogP contribution in [-0.4, -0.2) is 24.1 Å². The number of hydrogen-bond acceptors (Lipinski definition) is 3. The normalized spacial score (nSPS) is 16.0. The summed E-state index contributed by atoms with van der Waals surface area (Å²) in [5.41, 5.74) is 3.62. The van der Waals surface area contributed by atoms with Gasteiger partial charge in [-0.25, -0.2) is 0 Å². The summed E-state index contributed by atoms with van der Waals surface area (Å²) in [5.74, 6) is -0.192. The van der Waals surface area contributed by atoms with E-state index in [1.165, 1.54) is 18.4 Å². The molecule has 0 saturated heterocycles. The molecule has 0 radical (unpaired) electrons. The summed E-state index contributed by atoms with van der Waals surface area (Å²) in [6.07, 6.45) is 8.70. The number of ketones is 1. The van der Waals surface area contributed by atoms with Crippen LogP contribution in [0.3, 0.4) is 0 Å². The van der Waals surface area contributed by atoms with Gasteiger partial charge in [-0.2, -0.15) is 0 Å². The van der Waals surface area contributed by atoms with Crippen LogP contribution < -0.4 is 10.6 Å². The molecule has 0 unspecified atom stereocenters. The molecule has 0 aromatic heterocycles. The topological polar surface area (TPSA) is 75.3 Å². The fourth-order valence-corrected chi connectivity index (χ4v) is 3.36. The molecular formula is C20H24N2O3. The summed E-state index contributed by atoms with van der Waals surface area (Å²) in [5, 5.41) is 5.64. The first-order valence-electron chi connectivity index (χ1n) is 9.02. The summed E-state index contributed by atoms with van der Waals surface area (Å²) >= 11 is 0. The maximum absolute atomic E-state index is 12.3. The van der Waals surface area contributed by atoms with Gasteiger partial charge in [0.1, 0.15) is 0 Å². The Hall–Kier alpha value is -2.43. The summed E-state index contributed by atoms with van der Waals surface area (Å²) in [6.45, 7) is 0.644. The van der Waals surface area contributed by atoms with Gasteiger partial charge in [0.15, 0.2) is 5.78 Å². The Morgan fingerprint density at radius 2 is 2.04 bits per heavy atom. The van der Waals surface area contributed by atoms with E-state index in [-0.39, 0.29) is 30.4 Å². The smallest absolute Gasteiger partial charge is 0.228 e.